The van der Waals surface area contributed by atoms with Crippen LogP contribution in [-0.4, -0.2) is 43.3 Å². The molecule has 1 aliphatic rings. The number of ether oxygens (including phenoxy) is 1. The number of carbonyl (C=O) groups excluding carboxylic acids is 1. The van der Waals surface area contributed by atoms with Gasteiger partial charge in [-0.25, -0.2) is 4.79 Å². The number of urea groups is 1. The molecule has 1 unspecified atom stereocenters. The summed E-state index contributed by atoms with van der Waals surface area (Å²) in [7, 11) is 1.70. The smallest absolute Gasteiger partial charge is 0.317 e. The summed E-state index contributed by atoms with van der Waals surface area (Å²) < 4.78 is 5.34. The van der Waals surface area contributed by atoms with Crippen LogP contribution in [0.15, 0.2) is 0 Å². The van der Waals surface area contributed by atoms with Crippen LogP contribution in [0.1, 0.15) is 20.3 Å². The highest BCUT2D eigenvalue weighted by atomic mass is 16.5. The maximum atomic E-state index is 11.4. The van der Waals surface area contributed by atoms with Gasteiger partial charge in [-0.3, -0.25) is 0 Å². The van der Waals surface area contributed by atoms with Gasteiger partial charge in [0.15, 0.2) is 0 Å². The third-order valence-corrected chi connectivity index (χ3v) is 2.54. The zero-order valence-electron chi connectivity index (χ0n) is 8.59. The minimum atomic E-state index is -0.148. The zero-order valence-corrected chi connectivity index (χ0v) is 8.59. The number of hydrogen-bond donors (Lipinski definition) is 1. The van der Waals surface area contributed by atoms with Gasteiger partial charge in [-0.1, -0.05) is 0 Å². The van der Waals surface area contributed by atoms with Gasteiger partial charge in [-0.15, -0.1) is 0 Å². The van der Waals surface area contributed by atoms with E-state index in [1.165, 1.54) is 0 Å². The van der Waals surface area contributed by atoms with Gasteiger partial charge >= 0.3 is 6.03 Å². The maximum Gasteiger partial charge on any atom is 0.317 e. The number of nitrogens with one attached hydrogen (secondary N) is 1. The Labute approximate surface area is 79.2 Å². The fourth-order valence-corrected chi connectivity index (χ4v) is 1.54. The molecule has 0 saturated carbocycles. The Morgan fingerprint density at radius 1 is 1.69 bits per heavy atom. The second-order valence-electron chi connectivity index (χ2n) is 3.66. The third-order valence-electron chi connectivity index (χ3n) is 2.54. The molecule has 76 valence electrons. The highest BCUT2D eigenvalue weighted by Crippen LogP contribution is 2.23. The summed E-state index contributed by atoms with van der Waals surface area (Å²) in [6, 6.07) is 0.0169. The number of likely N-dealkylation sites (tertiary alicyclic amines) is 1. The van der Waals surface area contributed by atoms with E-state index >= 15 is 0 Å². The van der Waals surface area contributed by atoms with E-state index in [2.05, 4.69) is 5.32 Å². The molecule has 1 aliphatic heterocycles. The van der Waals surface area contributed by atoms with Gasteiger partial charge in [0.05, 0.1) is 12.1 Å². The lowest BCUT2D eigenvalue weighted by Gasteiger charge is -2.22. The van der Waals surface area contributed by atoms with Crippen molar-refractivity contribution in [1.82, 2.24) is 10.2 Å². The van der Waals surface area contributed by atoms with E-state index in [9.17, 15) is 4.79 Å². The van der Waals surface area contributed by atoms with E-state index in [4.69, 9.17) is 4.74 Å². The molecule has 4 nitrogen and oxygen atoms in total. The fraction of sp³-hybridized carbons (Fsp3) is 0.889. The lowest BCUT2D eigenvalue weighted by Crippen LogP contribution is -2.41. The number of methoxy groups -OCH3 is 1. The summed E-state index contributed by atoms with van der Waals surface area (Å²) >= 11 is 0. The molecular formula is C9H18N2O2. The number of rotatable bonds is 2. The molecule has 4 heteroatoms. The predicted molar refractivity (Wildman–Crippen MR) is 50.7 cm³/mol. The van der Waals surface area contributed by atoms with Crippen molar-refractivity contribution in [2.24, 2.45) is 0 Å². The predicted octanol–water partition coefficient (Wildman–Crippen LogP) is 0.827. The van der Waals surface area contributed by atoms with Gasteiger partial charge < -0.3 is 15.0 Å². The molecule has 13 heavy (non-hydrogen) atoms. The van der Waals surface area contributed by atoms with Crippen molar-refractivity contribution in [2.45, 2.75) is 25.9 Å². The largest absolute Gasteiger partial charge is 0.377 e. The molecule has 0 bridgehead atoms. The monoisotopic (exact) mass is 186 g/mol. The van der Waals surface area contributed by atoms with Gasteiger partial charge in [-0.05, 0) is 20.3 Å². The average Bonchev–Trinajstić information content (AvgIpc) is 2.50. The van der Waals surface area contributed by atoms with Crippen molar-refractivity contribution in [3.8, 4) is 0 Å². The number of amides is 2. The summed E-state index contributed by atoms with van der Waals surface area (Å²) in [4.78, 5) is 13.2. The van der Waals surface area contributed by atoms with E-state index in [1.54, 1.807) is 12.0 Å². The quantitative estimate of drug-likeness (QED) is 0.694. The number of nitrogens with zero attached hydrogens (tertiary/aromatic N) is 1. The summed E-state index contributed by atoms with van der Waals surface area (Å²) in [6.45, 7) is 6.11. The van der Waals surface area contributed by atoms with Gasteiger partial charge in [0, 0.05) is 20.2 Å². The van der Waals surface area contributed by atoms with E-state index < -0.39 is 0 Å². The Morgan fingerprint density at radius 3 is 2.85 bits per heavy atom. The van der Waals surface area contributed by atoms with Crippen LogP contribution >= 0.6 is 0 Å². The average molecular weight is 186 g/mol. The minimum absolute atomic E-state index is 0.0169. The lowest BCUT2D eigenvalue weighted by molar-refractivity contribution is 0.0175. The van der Waals surface area contributed by atoms with E-state index in [-0.39, 0.29) is 11.6 Å². The van der Waals surface area contributed by atoms with Crippen molar-refractivity contribution in [3.05, 3.63) is 0 Å². The standard InChI is InChI=1S/C9H18N2O2/c1-4-10-8(12)11-6-5-9(2,7-11)13-3/h4-7H2,1-3H3,(H,10,12). The normalized spacial score (nSPS) is 27.8. The number of hydrogen-bond acceptors (Lipinski definition) is 2. The summed E-state index contributed by atoms with van der Waals surface area (Å²) in [5, 5.41) is 2.78. The third kappa shape index (κ3) is 2.34. The van der Waals surface area contributed by atoms with E-state index in [0.717, 1.165) is 13.0 Å². The molecule has 0 aromatic heterocycles. The molecule has 0 aromatic carbocycles. The molecular weight excluding hydrogens is 168 g/mol. The first-order valence-electron chi connectivity index (χ1n) is 4.69. The zero-order chi connectivity index (χ0) is 9.90. The highest BCUT2D eigenvalue weighted by Gasteiger charge is 2.35. The highest BCUT2D eigenvalue weighted by molar-refractivity contribution is 5.74. The first kappa shape index (κ1) is 10.3. The van der Waals surface area contributed by atoms with Crippen molar-refractivity contribution in [2.75, 3.05) is 26.7 Å². The second kappa shape index (κ2) is 3.96. The molecule has 0 radical (unpaired) electrons. The molecule has 1 heterocycles. The van der Waals surface area contributed by atoms with Crippen LogP contribution in [0.25, 0.3) is 0 Å². The first-order chi connectivity index (χ1) is 6.11. The van der Waals surface area contributed by atoms with E-state index in [0.29, 0.717) is 13.1 Å². The number of carbonyl (C=O) groups is 1. The molecule has 1 fully saturated rings. The molecule has 1 saturated heterocycles. The van der Waals surface area contributed by atoms with Crippen LogP contribution in [0, 0.1) is 0 Å². The van der Waals surface area contributed by atoms with Crippen molar-refractivity contribution in [3.63, 3.8) is 0 Å². The summed E-state index contributed by atoms with van der Waals surface area (Å²) in [5.41, 5.74) is -0.148. The van der Waals surface area contributed by atoms with Gasteiger partial charge in [0.2, 0.25) is 0 Å². The van der Waals surface area contributed by atoms with Crippen molar-refractivity contribution in [1.29, 1.82) is 0 Å². The van der Waals surface area contributed by atoms with Crippen LogP contribution < -0.4 is 5.32 Å². The van der Waals surface area contributed by atoms with Crippen LogP contribution in [0.4, 0.5) is 4.79 Å². The molecule has 0 aliphatic carbocycles. The Hall–Kier alpha value is -0.770. The first-order valence-corrected chi connectivity index (χ1v) is 4.69. The van der Waals surface area contributed by atoms with Crippen molar-refractivity contribution < 1.29 is 9.53 Å². The summed E-state index contributed by atoms with van der Waals surface area (Å²) in [5.74, 6) is 0. The molecule has 0 aromatic rings. The maximum absolute atomic E-state index is 11.4. The fourth-order valence-electron chi connectivity index (χ4n) is 1.54. The molecule has 1 rings (SSSR count). The summed E-state index contributed by atoms with van der Waals surface area (Å²) in [6.07, 6.45) is 0.917. The minimum Gasteiger partial charge on any atom is -0.377 e. The topological polar surface area (TPSA) is 41.6 Å². The molecule has 1 atom stereocenters. The van der Waals surface area contributed by atoms with Crippen molar-refractivity contribution >= 4 is 6.03 Å². The van der Waals surface area contributed by atoms with Gasteiger partial charge in [0.25, 0.3) is 0 Å². The van der Waals surface area contributed by atoms with E-state index in [1.807, 2.05) is 13.8 Å². The van der Waals surface area contributed by atoms with Crippen LogP contribution in [0.5, 0.6) is 0 Å². The Balaban J connectivity index is 2.45. The second-order valence-corrected chi connectivity index (χ2v) is 3.66. The molecule has 1 N–H and O–H groups in total. The van der Waals surface area contributed by atoms with Crippen LogP contribution in [0.2, 0.25) is 0 Å². The molecule has 0 spiro atoms. The Morgan fingerprint density at radius 2 is 2.38 bits per heavy atom. The van der Waals surface area contributed by atoms with Gasteiger partial charge in [0.1, 0.15) is 0 Å². The SMILES string of the molecule is CCNC(=O)N1CCC(C)(OC)C1. The van der Waals surface area contributed by atoms with Crippen LogP contribution in [-0.2, 0) is 4.74 Å². The van der Waals surface area contributed by atoms with Gasteiger partial charge in [-0.2, -0.15) is 0 Å². The molecule has 2 amide bonds. The Kier molecular flexibility index (Phi) is 3.14. The Bertz CT molecular complexity index is 196. The van der Waals surface area contributed by atoms with Crippen LogP contribution in [0.3, 0.4) is 0 Å². The lowest BCUT2D eigenvalue weighted by atomic mass is 10.1.